The van der Waals surface area contributed by atoms with Crippen LogP contribution >= 0.6 is 0 Å². The maximum Gasteiger partial charge on any atom is 0.335 e. The molecule has 0 radical (unpaired) electrons. The molecule has 55 heavy (non-hydrogen) atoms. The Labute approximate surface area is 314 Å². The number of amides is 1. The van der Waals surface area contributed by atoms with Crippen molar-refractivity contribution in [2.45, 2.75) is 81.9 Å². The van der Waals surface area contributed by atoms with Crippen molar-refractivity contribution in [1.82, 2.24) is 4.31 Å². The monoisotopic (exact) mass is 781 g/mol. The molecule has 2 saturated carbocycles. The van der Waals surface area contributed by atoms with E-state index in [-0.39, 0.29) is 56.4 Å². The fraction of sp³-hybridized carbons (Fsp3) is 0.325. The van der Waals surface area contributed by atoms with Gasteiger partial charge in [-0.3, -0.25) is 4.79 Å². The summed E-state index contributed by atoms with van der Waals surface area (Å²) in [5, 5.41) is 19.5. The first kappa shape index (κ1) is 39.4. The molecule has 0 bridgehead atoms. The zero-order chi connectivity index (χ0) is 40.0. The zero-order valence-corrected chi connectivity index (χ0v) is 30.8. The third kappa shape index (κ3) is 8.35. The molecule has 4 aromatic carbocycles. The van der Waals surface area contributed by atoms with Gasteiger partial charge >= 0.3 is 5.97 Å². The van der Waals surface area contributed by atoms with Gasteiger partial charge < -0.3 is 14.7 Å². The number of halogens is 5. The molecule has 1 amide bonds. The highest BCUT2D eigenvalue weighted by molar-refractivity contribution is 7.89. The van der Waals surface area contributed by atoms with E-state index < -0.39 is 69.0 Å². The van der Waals surface area contributed by atoms with Gasteiger partial charge in [-0.2, -0.15) is 9.57 Å². The summed E-state index contributed by atoms with van der Waals surface area (Å²) in [5.74, 6) is -14.9. The Hall–Kier alpha value is -5.33. The summed E-state index contributed by atoms with van der Waals surface area (Å²) < 4.78 is 108. The fourth-order valence-electron chi connectivity index (χ4n) is 6.07. The second-order valence-corrected chi connectivity index (χ2v) is 16.6. The van der Waals surface area contributed by atoms with E-state index in [1.807, 2.05) is 39.0 Å². The van der Waals surface area contributed by atoms with Crippen molar-refractivity contribution >= 4 is 27.6 Å². The van der Waals surface area contributed by atoms with Crippen LogP contribution in [0.4, 0.5) is 27.6 Å². The normalized spacial score (nSPS) is 14.5. The van der Waals surface area contributed by atoms with Crippen molar-refractivity contribution in [3.05, 3.63) is 123 Å². The second-order valence-electron chi connectivity index (χ2n) is 14.7. The van der Waals surface area contributed by atoms with Crippen LogP contribution in [0.25, 0.3) is 0 Å². The van der Waals surface area contributed by atoms with Gasteiger partial charge in [0.25, 0.3) is 0 Å². The molecule has 2 aliphatic rings. The van der Waals surface area contributed by atoms with Crippen LogP contribution in [-0.2, 0) is 33.3 Å². The molecule has 288 valence electrons. The SMILES string of the molecule is CC(C)(C)c1cc(CN(C(=O)CN(Cc2ccccc2C#N)S(=O)(=O)c2c(F)c(F)c(F)c(F)c2F)c2ccc(C(=O)O)cc2OC2CC2)cc(C2CC2)c1. The minimum Gasteiger partial charge on any atom is -0.488 e. The number of nitrogens with zero attached hydrogens (tertiary/aromatic N) is 3. The molecule has 4 aromatic rings. The molecule has 6 rings (SSSR count). The molecular formula is C40H36F5N3O6S. The van der Waals surface area contributed by atoms with E-state index in [9.17, 15) is 41.5 Å². The average Bonchev–Trinajstić information content (AvgIpc) is 4.08. The lowest BCUT2D eigenvalue weighted by molar-refractivity contribution is -0.119. The number of aromatic carboxylic acids is 1. The highest BCUT2D eigenvalue weighted by Gasteiger charge is 2.39. The number of carbonyl (C=O) groups is 2. The maximum absolute atomic E-state index is 15.2. The van der Waals surface area contributed by atoms with E-state index in [1.165, 1.54) is 42.5 Å². The van der Waals surface area contributed by atoms with Crippen LogP contribution < -0.4 is 9.64 Å². The van der Waals surface area contributed by atoms with Crippen LogP contribution in [-0.4, -0.2) is 42.4 Å². The Morgan fingerprint density at radius 2 is 1.51 bits per heavy atom. The topological polar surface area (TPSA) is 128 Å². The van der Waals surface area contributed by atoms with Crippen LogP contribution in [0.3, 0.4) is 0 Å². The molecule has 2 fully saturated rings. The van der Waals surface area contributed by atoms with Crippen LogP contribution in [0.1, 0.15) is 90.5 Å². The van der Waals surface area contributed by atoms with E-state index in [0.29, 0.717) is 18.4 Å². The fourth-order valence-corrected chi connectivity index (χ4v) is 7.55. The van der Waals surface area contributed by atoms with Crippen molar-refractivity contribution in [2.75, 3.05) is 11.4 Å². The summed E-state index contributed by atoms with van der Waals surface area (Å²) in [4.78, 5) is 25.6. The van der Waals surface area contributed by atoms with Crippen molar-refractivity contribution < 1.29 is 49.8 Å². The lowest BCUT2D eigenvalue weighted by Crippen LogP contribution is -2.43. The van der Waals surface area contributed by atoms with Gasteiger partial charge in [-0.15, -0.1) is 0 Å². The van der Waals surface area contributed by atoms with E-state index in [0.717, 1.165) is 28.9 Å². The summed E-state index contributed by atoms with van der Waals surface area (Å²) >= 11 is 0. The first-order valence-corrected chi connectivity index (χ1v) is 18.8. The van der Waals surface area contributed by atoms with E-state index in [2.05, 4.69) is 6.07 Å². The minimum absolute atomic E-state index is 0.00542. The number of anilines is 1. The summed E-state index contributed by atoms with van der Waals surface area (Å²) in [7, 11) is -5.73. The average molecular weight is 782 g/mol. The van der Waals surface area contributed by atoms with Crippen molar-refractivity contribution in [3.8, 4) is 11.8 Å². The third-order valence-electron chi connectivity index (χ3n) is 9.45. The lowest BCUT2D eigenvalue weighted by Gasteiger charge is -2.30. The molecule has 0 spiro atoms. The molecule has 2 aliphatic carbocycles. The first-order valence-electron chi connectivity index (χ1n) is 17.4. The second kappa shape index (κ2) is 15.1. The van der Waals surface area contributed by atoms with Gasteiger partial charge in [0.2, 0.25) is 21.7 Å². The number of carboxylic acids is 1. The molecule has 9 nitrogen and oxygen atoms in total. The van der Waals surface area contributed by atoms with Crippen LogP contribution in [0.2, 0.25) is 0 Å². The molecular weight excluding hydrogens is 746 g/mol. The van der Waals surface area contributed by atoms with E-state index >= 15 is 8.78 Å². The van der Waals surface area contributed by atoms with Crippen molar-refractivity contribution in [2.24, 2.45) is 0 Å². The Balaban J connectivity index is 1.51. The van der Waals surface area contributed by atoms with Crippen LogP contribution in [0.5, 0.6) is 5.75 Å². The van der Waals surface area contributed by atoms with Gasteiger partial charge in [-0.1, -0.05) is 57.2 Å². The quantitative estimate of drug-likeness (QED) is 0.0825. The van der Waals surface area contributed by atoms with Crippen molar-refractivity contribution in [3.63, 3.8) is 0 Å². The van der Waals surface area contributed by atoms with Gasteiger partial charge in [0.15, 0.2) is 28.2 Å². The number of ether oxygens (including phenoxy) is 1. The molecule has 0 unspecified atom stereocenters. The Morgan fingerprint density at radius 3 is 2.09 bits per heavy atom. The lowest BCUT2D eigenvalue weighted by atomic mass is 9.84. The summed E-state index contributed by atoms with van der Waals surface area (Å²) in [6, 6.07) is 17.0. The van der Waals surface area contributed by atoms with Gasteiger partial charge in [0, 0.05) is 6.54 Å². The molecule has 0 aromatic heterocycles. The number of hydrogen-bond acceptors (Lipinski definition) is 6. The molecule has 1 N–H and O–H groups in total. The summed E-state index contributed by atoms with van der Waals surface area (Å²) in [5.41, 5.74) is 2.01. The number of carbonyl (C=O) groups excluding carboxylic acids is 1. The number of nitriles is 1. The van der Waals surface area contributed by atoms with Gasteiger partial charge in [-0.25, -0.2) is 35.2 Å². The van der Waals surface area contributed by atoms with Crippen molar-refractivity contribution in [1.29, 1.82) is 5.26 Å². The van der Waals surface area contributed by atoms with Gasteiger partial charge in [0.1, 0.15) is 5.75 Å². The van der Waals surface area contributed by atoms with Crippen LogP contribution in [0.15, 0.2) is 65.6 Å². The third-order valence-corrected chi connectivity index (χ3v) is 11.3. The Kier molecular flexibility index (Phi) is 10.8. The maximum atomic E-state index is 15.2. The molecule has 15 heteroatoms. The minimum atomic E-state index is -5.73. The predicted molar refractivity (Wildman–Crippen MR) is 190 cm³/mol. The van der Waals surface area contributed by atoms with Gasteiger partial charge in [0.05, 0.1) is 42.1 Å². The number of hydrogen-bond donors (Lipinski definition) is 1. The largest absolute Gasteiger partial charge is 0.488 e. The Bertz CT molecular complexity index is 2320. The smallest absolute Gasteiger partial charge is 0.335 e. The molecule has 0 atom stereocenters. The standard InChI is InChI=1S/C40H36F5N3O6S/c1-40(2,3)28-15-22(14-27(16-28)23-8-9-23)19-48(30-13-10-24(39(50)51)17-31(30)54-29-11-12-29)32(49)21-47(20-26-7-5-4-6-25(26)18-46)55(52,53)38-36(44)34(42)33(41)35(43)37(38)45/h4-7,10,13-17,23,29H,8-9,11-12,19-21H2,1-3H3,(H,50,51). The number of rotatable bonds is 13. The Morgan fingerprint density at radius 1 is 0.873 bits per heavy atom. The summed E-state index contributed by atoms with van der Waals surface area (Å²) in [6.07, 6.45) is 2.92. The highest BCUT2D eigenvalue weighted by atomic mass is 32.2. The van der Waals surface area contributed by atoms with E-state index in [4.69, 9.17) is 4.74 Å². The zero-order valence-electron chi connectivity index (χ0n) is 30.0. The number of carboxylic acid groups (broad SMARTS) is 1. The highest BCUT2D eigenvalue weighted by Crippen LogP contribution is 2.43. The number of benzene rings is 4. The first-order chi connectivity index (χ1) is 25.9. The molecule has 0 aliphatic heterocycles. The summed E-state index contributed by atoms with van der Waals surface area (Å²) in [6.45, 7) is 3.71. The molecule has 0 heterocycles. The number of sulfonamides is 1. The predicted octanol–water partition coefficient (Wildman–Crippen LogP) is 8.09. The van der Waals surface area contributed by atoms with E-state index in [1.54, 1.807) is 0 Å². The van der Waals surface area contributed by atoms with Crippen LogP contribution in [0, 0.1) is 40.4 Å². The molecule has 0 saturated heterocycles. The van der Waals surface area contributed by atoms with Gasteiger partial charge in [-0.05, 0) is 83.5 Å².